The molecule has 8 nitrogen and oxygen atoms in total. The Bertz CT molecular complexity index is 1030. The van der Waals surface area contributed by atoms with Crippen molar-refractivity contribution in [3.8, 4) is 11.5 Å². The minimum absolute atomic E-state index is 0.0392. The Hall–Kier alpha value is -2.94. The second kappa shape index (κ2) is 17.0. The van der Waals surface area contributed by atoms with Crippen LogP contribution in [-0.4, -0.2) is 72.3 Å². The highest BCUT2D eigenvalue weighted by molar-refractivity contribution is 5.96. The van der Waals surface area contributed by atoms with Crippen LogP contribution in [0.4, 0.5) is 0 Å². The minimum atomic E-state index is -0.906. The quantitative estimate of drug-likeness (QED) is 0.181. The van der Waals surface area contributed by atoms with Crippen molar-refractivity contribution in [3.05, 3.63) is 59.7 Å². The predicted octanol–water partition coefficient (Wildman–Crippen LogP) is 4.68. The molecule has 1 fully saturated rings. The third kappa shape index (κ3) is 10.6. The van der Waals surface area contributed by atoms with E-state index in [9.17, 15) is 19.8 Å². The van der Waals surface area contributed by atoms with Gasteiger partial charge in [0.15, 0.2) is 5.78 Å². The summed E-state index contributed by atoms with van der Waals surface area (Å²) in [5, 5.41) is 24.2. The monoisotopic (exact) mass is 554 g/mol. The third-order valence-corrected chi connectivity index (χ3v) is 7.39. The van der Waals surface area contributed by atoms with E-state index in [4.69, 9.17) is 9.47 Å². The van der Waals surface area contributed by atoms with Gasteiger partial charge in [-0.25, -0.2) is 0 Å². The summed E-state index contributed by atoms with van der Waals surface area (Å²) < 4.78 is 11.0. The van der Waals surface area contributed by atoms with Gasteiger partial charge in [0.05, 0.1) is 25.9 Å². The first kappa shape index (κ1) is 31.6. The lowest BCUT2D eigenvalue weighted by molar-refractivity contribution is -0.123. The van der Waals surface area contributed by atoms with Gasteiger partial charge in [0.25, 0.3) is 0 Å². The molecule has 40 heavy (non-hydrogen) atoms. The molecule has 0 aliphatic carbocycles. The summed E-state index contributed by atoms with van der Waals surface area (Å²) in [5.41, 5.74) is 1.34. The molecule has 1 aliphatic heterocycles. The molecule has 220 valence electrons. The van der Waals surface area contributed by atoms with Gasteiger partial charge < -0.3 is 25.0 Å². The molecule has 1 saturated heterocycles. The summed E-state index contributed by atoms with van der Waals surface area (Å²) in [4.78, 5) is 27.4. The van der Waals surface area contributed by atoms with Crippen LogP contribution in [-0.2, 0) is 4.79 Å². The van der Waals surface area contributed by atoms with E-state index in [1.807, 2.05) is 24.3 Å². The van der Waals surface area contributed by atoms with E-state index >= 15 is 0 Å². The molecule has 8 heteroatoms. The zero-order valence-corrected chi connectivity index (χ0v) is 24.0. The number of methoxy groups -OCH3 is 1. The molecule has 0 bridgehead atoms. The number of benzene rings is 2. The Kier molecular flexibility index (Phi) is 13.4. The number of hydrogen-bond donors (Lipinski definition) is 3. The van der Waals surface area contributed by atoms with Crippen LogP contribution in [0.5, 0.6) is 11.5 Å². The lowest BCUT2D eigenvalue weighted by atomic mass is 10.0. The van der Waals surface area contributed by atoms with Gasteiger partial charge in [0, 0.05) is 38.0 Å². The predicted molar refractivity (Wildman–Crippen MR) is 156 cm³/mol. The van der Waals surface area contributed by atoms with Crippen molar-refractivity contribution in [2.24, 2.45) is 0 Å². The molecule has 1 amide bonds. The number of nitrogens with one attached hydrogen (secondary N) is 1. The SMILES string of the molecule is CCCCCCOc1ccc([C@@H](O)[C@@H](CN2CC[C@H](O)C2)NC(=O)CCCCC(=O)c2ccc(OC)cc2)cc1. The Morgan fingerprint density at radius 1 is 0.975 bits per heavy atom. The van der Waals surface area contributed by atoms with Crippen molar-refractivity contribution in [1.29, 1.82) is 0 Å². The number of ketones is 1. The highest BCUT2D eigenvalue weighted by Crippen LogP contribution is 2.23. The van der Waals surface area contributed by atoms with Gasteiger partial charge in [-0.1, -0.05) is 38.3 Å². The molecule has 3 rings (SSSR count). The van der Waals surface area contributed by atoms with Crippen LogP contribution in [0.15, 0.2) is 48.5 Å². The van der Waals surface area contributed by atoms with E-state index in [1.165, 1.54) is 12.8 Å². The molecular formula is C32H46N2O6. The van der Waals surface area contributed by atoms with Gasteiger partial charge in [0.1, 0.15) is 17.6 Å². The number of aliphatic hydroxyl groups is 2. The average molecular weight is 555 g/mol. The van der Waals surface area contributed by atoms with Crippen LogP contribution >= 0.6 is 0 Å². The van der Waals surface area contributed by atoms with Crippen molar-refractivity contribution < 1.29 is 29.3 Å². The van der Waals surface area contributed by atoms with Gasteiger partial charge in [-0.2, -0.15) is 0 Å². The summed E-state index contributed by atoms with van der Waals surface area (Å²) >= 11 is 0. The maximum atomic E-state index is 12.9. The van der Waals surface area contributed by atoms with Crippen LogP contribution in [0.3, 0.4) is 0 Å². The van der Waals surface area contributed by atoms with E-state index in [-0.39, 0.29) is 24.2 Å². The number of ether oxygens (including phenoxy) is 2. The number of unbranched alkanes of at least 4 members (excludes halogenated alkanes) is 4. The number of rotatable bonds is 18. The first-order valence-electron chi connectivity index (χ1n) is 14.7. The number of amides is 1. The van der Waals surface area contributed by atoms with E-state index in [0.717, 1.165) is 25.1 Å². The summed E-state index contributed by atoms with van der Waals surface area (Å²) in [5.74, 6) is 1.35. The summed E-state index contributed by atoms with van der Waals surface area (Å²) in [6.45, 7) is 4.54. The Balaban J connectivity index is 1.50. The van der Waals surface area contributed by atoms with E-state index in [1.54, 1.807) is 31.4 Å². The van der Waals surface area contributed by atoms with Crippen LogP contribution in [0.2, 0.25) is 0 Å². The Morgan fingerprint density at radius 2 is 1.68 bits per heavy atom. The zero-order valence-electron chi connectivity index (χ0n) is 24.0. The zero-order chi connectivity index (χ0) is 28.7. The molecule has 0 radical (unpaired) electrons. The lowest BCUT2D eigenvalue weighted by Gasteiger charge is -2.29. The fourth-order valence-electron chi connectivity index (χ4n) is 4.96. The average Bonchev–Trinajstić information content (AvgIpc) is 3.39. The number of carbonyl (C=O) groups is 2. The second-order valence-corrected chi connectivity index (χ2v) is 10.7. The van der Waals surface area contributed by atoms with Crippen molar-refractivity contribution in [3.63, 3.8) is 0 Å². The van der Waals surface area contributed by atoms with Gasteiger partial charge in [0.2, 0.25) is 5.91 Å². The largest absolute Gasteiger partial charge is 0.497 e. The van der Waals surface area contributed by atoms with Crippen LogP contribution < -0.4 is 14.8 Å². The van der Waals surface area contributed by atoms with Crippen LogP contribution in [0.1, 0.15) is 86.7 Å². The molecule has 0 saturated carbocycles. The molecule has 2 aromatic rings. The highest BCUT2D eigenvalue weighted by Gasteiger charge is 2.29. The standard InChI is InChI=1S/C32H46N2O6/c1-3-4-5-8-21-40-28-17-13-25(14-18-28)32(38)29(23-34-20-19-26(35)22-34)33-31(37)10-7-6-9-30(36)24-11-15-27(39-2)16-12-24/h11-18,26,29,32,35,38H,3-10,19-23H2,1-2H3,(H,33,37)/t26-,29+,32+/m0/s1. The van der Waals surface area contributed by atoms with E-state index in [0.29, 0.717) is 62.3 Å². The third-order valence-electron chi connectivity index (χ3n) is 7.39. The molecule has 2 aromatic carbocycles. The fraction of sp³-hybridized carbons (Fsp3) is 0.562. The van der Waals surface area contributed by atoms with Gasteiger partial charge in [-0.15, -0.1) is 0 Å². The summed E-state index contributed by atoms with van der Waals surface area (Å²) in [6.07, 6.45) is 5.76. The number of Topliss-reactive ketones (excluding diaryl/α,β-unsaturated/α-hetero) is 1. The smallest absolute Gasteiger partial charge is 0.220 e. The van der Waals surface area contributed by atoms with Crippen LogP contribution in [0.25, 0.3) is 0 Å². The second-order valence-electron chi connectivity index (χ2n) is 10.7. The number of hydrogen-bond acceptors (Lipinski definition) is 7. The van der Waals surface area contributed by atoms with Gasteiger partial charge >= 0.3 is 0 Å². The van der Waals surface area contributed by atoms with Crippen LogP contribution in [0, 0.1) is 0 Å². The Labute approximate surface area is 238 Å². The van der Waals surface area contributed by atoms with Crippen molar-refractivity contribution >= 4 is 11.7 Å². The molecule has 0 unspecified atom stereocenters. The number of likely N-dealkylation sites (tertiary alicyclic amines) is 1. The first-order chi connectivity index (χ1) is 19.4. The number of β-amino-alcohol motifs (C(OH)–C–C–N with tert-alkyl or cyclic N) is 1. The highest BCUT2D eigenvalue weighted by atomic mass is 16.5. The van der Waals surface area contributed by atoms with Gasteiger partial charge in [-0.3, -0.25) is 14.5 Å². The summed E-state index contributed by atoms with van der Waals surface area (Å²) in [7, 11) is 1.59. The molecule has 0 aromatic heterocycles. The molecule has 1 heterocycles. The van der Waals surface area contributed by atoms with Crippen molar-refractivity contribution in [2.45, 2.75) is 83.0 Å². The van der Waals surface area contributed by atoms with Crippen molar-refractivity contribution in [1.82, 2.24) is 10.2 Å². The molecule has 1 aliphatic rings. The molecule has 3 N–H and O–H groups in total. The van der Waals surface area contributed by atoms with Gasteiger partial charge in [-0.05, 0) is 67.6 Å². The topological polar surface area (TPSA) is 108 Å². The number of nitrogens with zero attached hydrogens (tertiary/aromatic N) is 1. The van der Waals surface area contributed by atoms with Crippen molar-refractivity contribution in [2.75, 3.05) is 33.4 Å². The van der Waals surface area contributed by atoms with E-state index in [2.05, 4.69) is 17.1 Å². The maximum absolute atomic E-state index is 12.9. The molecule has 0 spiro atoms. The lowest BCUT2D eigenvalue weighted by Crippen LogP contribution is -2.47. The van der Waals surface area contributed by atoms with E-state index < -0.39 is 12.1 Å². The normalized spacial score (nSPS) is 16.9. The minimum Gasteiger partial charge on any atom is -0.497 e. The number of carbonyl (C=O) groups excluding carboxylic acids is 2. The summed E-state index contributed by atoms with van der Waals surface area (Å²) in [6, 6.07) is 13.9. The first-order valence-corrected chi connectivity index (χ1v) is 14.7. The molecule has 3 atom stereocenters. The fourth-order valence-corrected chi connectivity index (χ4v) is 4.96. The Morgan fingerprint density at radius 3 is 2.33 bits per heavy atom. The molecular weight excluding hydrogens is 508 g/mol. The number of aliphatic hydroxyl groups excluding tert-OH is 2. The maximum Gasteiger partial charge on any atom is 0.220 e.